The number of hydrogen-bond donors (Lipinski definition) is 4. The molecule has 2 aromatic heterocycles. The Morgan fingerprint density at radius 3 is 2.69 bits per heavy atom. The lowest BCUT2D eigenvalue weighted by atomic mass is 10.2. The van der Waals surface area contributed by atoms with Gasteiger partial charge in [0.05, 0.1) is 5.39 Å². The number of aromatic carboxylic acids is 1. The van der Waals surface area contributed by atoms with E-state index < -0.39 is 17.2 Å². The highest BCUT2D eigenvalue weighted by molar-refractivity contribution is 5.96. The van der Waals surface area contributed by atoms with Gasteiger partial charge in [-0.05, 0) is 6.07 Å². The van der Waals surface area contributed by atoms with Crippen LogP contribution in [0, 0.1) is 0 Å². The van der Waals surface area contributed by atoms with Crippen molar-refractivity contribution < 1.29 is 9.90 Å². The van der Waals surface area contributed by atoms with Gasteiger partial charge >= 0.3 is 11.7 Å². The van der Waals surface area contributed by atoms with Gasteiger partial charge in [0.1, 0.15) is 17.0 Å². The fourth-order valence-corrected chi connectivity index (χ4v) is 1.28. The van der Waals surface area contributed by atoms with E-state index in [1.54, 1.807) is 0 Å². The van der Waals surface area contributed by atoms with Crippen molar-refractivity contribution in [2.24, 2.45) is 0 Å². The highest BCUT2D eigenvalue weighted by Crippen LogP contribution is 2.12. The number of nitrogen functional groups attached to an aromatic ring is 1. The van der Waals surface area contributed by atoms with E-state index in [9.17, 15) is 14.4 Å². The zero-order valence-electron chi connectivity index (χ0n) is 7.77. The van der Waals surface area contributed by atoms with E-state index in [1.807, 2.05) is 4.98 Å². The summed E-state index contributed by atoms with van der Waals surface area (Å²) in [6.07, 6.45) is 0. The maximum Gasteiger partial charge on any atom is 0.339 e. The Morgan fingerprint density at radius 2 is 2.06 bits per heavy atom. The third-order valence-corrected chi connectivity index (χ3v) is 1.99. The quantitative estimate of drug-likeness (QED) is 0.482. The Hall–Kier alpha value is -2.64. The lowest BCUT2D eigenvalue weighted by Gasteiger charge is -2.01. The molecule has 0 saturated carbocycles. The van der Waals surface area contributed by atoms with Crippen LogP contribution in [0.5, 0.6) is 0 Å². The van der Waals surface area contributed by atoms with Crippen LogP contribution in [0.2, 0.25) is 0 Å². The first-order chi connectivity index (χ1) is 7.49. The summed E-state index contributed by atoms with van der Waals surface area (Å²) in [6.45, 7) is 0. The summed E-state index contributed by atoms with van der Waals surface area (Å²) in [4.78, 5) is 40.8. The van der Waals surface area contributed by atoms with Gasteiger partial charge in [-0.2, -0.15) is 0 Å². The Kier molecular flexibility index (Phi) is 1.97. The molecule has 0 amide bonds. The van der Waals surface area contributed by atoms with E-state index in [2.05, 4.69) is 9.97 Å². The predicted octanol–water partition coefficient (Wildman–Crippen LogP) is -1.11. The normalized spacial score (nSPS) is 10.5. The van der Waals surface area contributed by atoms with Crippen molar-refractivity contribution in [1.29, 1.82) is 0 Å². The van der Waals surface area contributed by atoms with E-state index in [0.717, 1.165) is 6.07 Å². The van der Waals surface area contributed by atoms with Gasteiger partial charge in [-0.1, -0.05) is 0 Å². The summed E-state index contributed by atoms with van der Waals surface area (Å²) in [5, 5.41) is 8.73. The van der Waals surface area contributed by atoms with Crippen molar-refractivity contribution in [3.8, 4) is 0 Å². The highest BCUT2D eigenvalue weighted by Gasteiger charge is 2.12. The minimum Gasteiger partial charge on any atom is -0.478 e. The number of carbonyl (C=O) groups is 1. The zero-order valence-corrected chi connectivity index (χ0v) is 7.77. The molecular weight excluding hydrogens is 216 g/mol. The molecule has 0 radical (unpaired) electrons. The van der Waals surface area contributed by atoms with Gasteiger partial charge in [0, 0.05) is 0 Å². The van der Waals surface area contributed by atoms with Gasteiger partial charge in [0.25, 0.3) is 5.56 Å². The van der Waals surface area contributed by atoms with Crippen LogP contribution in [-0.4, -0.2) is 26.0 Å². The maximum atomic E-state index is 11.3. The molecule has 8 heteroatoms. The summed E-state index contributed by atoms with van der Waals surface area (Å²) in [5.41, 5.74) is 3.59. The molecule has 0 atom stereocenters. The Morgan fingerprint density at radius 1 is 1.38 bits per heavy atom. The number of rotatable bonds is 1. The molecule has 0 aliphatic heterocycles. The molecular formula is C8H6N4O4. The molecule has 2 heterocycles. The molecule has 82 valence electrons. The number of nitrogens with two attached hydrogens (primary N) is 1. The van der Waals surface area contributed by atoms with Crippen LogP contribution in [0.3, 0.4) is 0 Å². The molecule has 0 fully saturated rings. The summed E-state index contributed by atoms with van der Waals surface area (Å²) in [7, 11) is 0. The van der Waals surface area contributed by atoms with E-state index in [1.165, 1.54) is 0 Å². The highest BCUT2D eigenvalue weighted by atomic mass is 16.4. The smallest absolute Gasteiger partial charge is 0.339 e. The first-order valence-corrected chi connectivity index (χ1v) is 4.15. The third-order valence-electron chi connectivity index (χ3n) is 1.99. The Labute approximate surface area is 86.8 Å². The van der Waals surface area contributed by atoms with Crippen LogP contribution < -0.4 is 17.0 Å². The van der Waals surface area contributed by atoms with Crippen LogP contribution >= 0.6 is 0 Å². The molecule has 0 saturated heterocycles. The topological polar surface area (TPSA) is 142 Å². The number of H-pyrrole nitrogens is 2. The molecule has 16 heavy (non-hydrogen) atoms. The van der Waals surface area contributed by atoms with E-state index >= 15 is 0 Å². The molecule has 5 N–H and O–H groups in total. The number of anilines is 1. The van der Waals surface area contributed by atoms with Crippen LogP contribution in [-0.2, 0) is 0 Å². The van der Waals surface area contributed by atoms with Crippen LogP contribution in [0.1, 0.15) is 10.4 Å². The first-order valence-electron chi connectivity index (χ1n) is 4.15. The number of hydrogen-bond acceptors (Lipinski definition) is 5. The number of carboxylic acids is 1. The van der Waals surface area contributed by atoms with E-state index in [4.69, 9.17) is 10.8 Å². The van der Waals surface area contributed by atoms with Crippen molar-refractivity contribution >= 4 is 22.8 Å². The Balaban J connectivity index is 2.96. The summed E-state index contributed by atoms with van der Waals surface area (Å²) < 4.78 is 0. The molecule has 0 aliphatic rings. The monoisotopic (exact) mass is 222 g/mol. The number of aromatic nitrogens is 3. The largest absolute Gasteiger partial charge is 0.478 e. The summed E-state index contributed by atoms with van der Waals surface area (Å²) in [6, 6.07) is 1.06. The second kappa shape index (κ2) is 3.19. The predicted molar refractivity (Wildman–Crippen MR) is 54.4 cm³/mol. The number of nitrogens with zero attached hydrogens (tertiary/aromatic N) is 1. The fraction of sp³-hybridized carbons (Fsp3) is 0. The van der Waals surface area contributed by atoms with E-state index in [0.29, 0.717) is 0 Å². The first kappa shape index (κ1) is 9.90. The number of carboxylic acid groups (broad SMARTS) is 1. The average Bonchev–Trinajstić information content (AvgIpc) is 2.15. The van der Waals surface area contributed by atoms with E-state index in [-0.39, 0.29) is 22.4 Å². The third kappa shape index (κ3) is 1.41. The standard InChI is InChI=1S/C8H6N4O4/c9-4-2(7(14)15)1-3-5(10-4)11-8(16)12-6(3)13/h1H,(H,14,15)(H4,9,10,11,12,13,16). The lowest BCUT2D eigenvalue weighted by Crippen LogP contribution is -2.23. The number of fused-ring (bicyclic) bond motifs is 1. The molecule has 2 aromatic rings. The number of nitrogens with one attached hydrogen (secondary N) is 2. The van der Waals surface area contributed by atoms with Crippen LogP contribution in [0.15, 0.2) is 15.7 Å². The minimum atomic E-state index is -1.29. The van der Waals surface area contributed by atoms with Crippen molar-refractivity contribution in [2.75, 3.05) is 5.73 Å². The number of pyridine rings is 1. The molecule has 2 rings (SSSR count). The molecule has 8 nitrogen and oxygen atoms in total. The van der Waals surface area contributed by atoms with Crippen molar-refractivity contribution in [1.82, 2.24) is 15.0 Å². The second-order valence-corrected chi connectivity index (χ2v) is 3.03. The molecule has 0 unspecified atom stereocenters. The van der Waals surface area contributed by atoms with Gasteiger partial charge in [0.2, 0.25) is 0 Å². The molecule has 0 aromatic carbocycles. The summed E-state index contributed by atoms with van der Waals surface area (Å²) >= 11 is 0. The molecule has 0 bridgehead atoms. The summed E-state index contributed by atoms with van der Waals surface area (Å²) in [5.74, 6) is -1.56. The zero-order chi connectivity index (χ0) is 11.9. The van der Waals surface area contributed by atoms with Gasteiger partial charge in [-0.15, -0.1) is 0 Å². The van der Waals surface area contributed by atoms with Gasteiger partial charge in [-0.3, -0.25) is 14.8 Å². The van der Waals surface area contributed by atoms with Gasteiger partial charge in [0.15, 0.2) is 0 Å². The second-order valence-electron chi connectivity index (χ2n) is 3.03. The van der Waals surface area contributed by atoms with Crippen molar-refractivity contribution in [3.63, 3.8) is 0 Å². The van der Waals surface area contributed by atoms with Crippen LogP contribution in [0.25, 0.3) is 11.0 Å². The van der Waals surface area contributed by atoms with Crippen molar-refractivity contribution in [3.05, 3.63) is 32.5 Å². The number of aromatic amines is 2. The maximum absolute atomic E-state index is 11.3. The molecule has 0 spiro atoms. The SMILES string of the molecule is Nc1nc2[nH]c(=O)[nH]c(=O)c2cc1C(=O)O. The minimum absolute atomic E-state index is 0.0359. The van der Waals surface area contributed by atoms with Crippen molar-refractivity contribution in [2.45, 2.75) is 0 Å². The average molecular weight is 222 g/mol. The fourth-order valence-electron chi connectivity index (χ4n) is 1.28. The lowest BCUT2D eigenvalue weighted by molar-refractivity contribution is 0.0698. The van der Waals surface area contributed by atoms with Crippen LogP contribution in [0.4, 0.5) is 5.82 Å². The van der Waals surface area contributed by atoms with Gasteiger partial charge in [-0.25, -0.2) is 14.6 Å². The van der Waals surface area contributed by atoms with Gasteiger partial charge < -0.3 is 10.8 Å². The molecule has 0 aliphatic carbocycles. The Bertz CT molecular complexity index is 699.